The Hall–Kier alpha value is -2.79. The van der Waals surface area contributed by atoms with E-state index in [4.69, 9.17) is 16.3 Å². The molecule has 0 unspecified atom stereocenters. The minimum atomic E-state index is -0.0973. The first-order valence-corrected chi connectivity index (χ1v) is 8.81. The van der Waals surface area contributed by atoms with Gasteiger partial charge in [0.1, 0.15) is 12.4 Å². The average Bonchev–Trinajstić information content (AvgIpc) is 3.01. The fraction of sp³-hybridized carbons (Fsp3) is 0.200. The second-order valence-corrected chi connectivity index (χ2v) is 6.74. The van der Waals surface area contributed by atoms with Gasteiger partial charge in [0, 0.05) is 39.7 Å². The number of aromatic amines is 1. The molecule has 6 heteroatoms. The Morgan fingerprint density at radius 2 is 1.96 bits per heavy atom. The molecule has 0 spiro atoms. The van der Waals surface area contributed by atoms with Gasteiger partial charge in [-0.05, 0) is 19.1 Å². The second-order valence-electron chi connectivity index (χ2n) is 6.33. The summed E-state index contributed by atoms with van der Waals surface area (Å²) in [6.07, 6.45) is 0.361. The average molecular weight is 368 g/mol. The van der Waals surface area contributed by atoms with E-state index in [1.54, 1.807) is 0 Å². The molecule has 1 amide bonds. The molecule has 132 valence electrons. The maximum Gasteiger partial charge on any atom is 0.226 e. The van der Waals surface area contributed by atoms with E-state index in [2.05, 4.69) is 15.5 Å². The number of para-hydroxylation sites is 1. The zero-order valence-corrected chi connectivity index (χ0v) is 15.0. The largest absolute Gasteiger partial charge is 0.489 e. The van der Waals surface area contributed by atoms with E-state index in [-0.39, 0.29) is 11.8 Å². The van der Waals surface area contributed by atoms with Crippen molar-refractivity contribution in [1.29, 1.82) is 0 Å². The summed E-state index contributed by atoms with van der Waals surface area (Å²) >= 11 is 6.23. The summed E-state index contributed by atoms with van der Waals surface area (Å²) < 4.78 is 6.08. The van der Waals surface area contributed by atoms with E-state index in [0.717, 1.165) is 28.1 Å². The molecule has 0 saturated heterocycles. The van der Waals surface area contributed by atoms with Gasteiger partial charge in [-0.2, -0.15) is 5.10 Å². The summed E-state index contributed by atoms with van der Waals surface area (Å²) in [5.74, 6) is 1.21. The first kappa shape index (κ1) is 16.7. The molecule has 1 aliphatic rings. The van der Waals surface area contributed by atoms with Gasteiger partial charge in [0.25, 0.3) is 0 Å². The van der Waals surface area contributed by atoms with Crippen LogP contribution in [0.4, 0.5) is 5.82 Å². The number of hydrogen-bond donors (Lipinski definition) is 2. The molecule has 1 atom stereocenters. The predicted octanol–water partition coefficient (Wildman–Crippen LogP) is 4.42. The van der Waals surface area contributed by atoms with E-state index in [0.29, 0.717) is 23.9 Å². The van der Waals surface area contributed by atoms with Gasteiger partial charge < -0.3 is 10.1 Å². The molecule has 2 aromatic carbocycles. The van der Waals surface area contributed by atoms with Gasteiger partial charge in [-0.3, -0.25) is 9.89 Å². The number of rotatable bonds is 4. The molecule has 4 rings (SSSR count). The van der Waals surface area contributed by atoms with Gasteiger partial charge in [-0.1, -0.05) is 48.0 Å². The first-order valence-electron chi connectivity index (χ1n) is 8.43. The van der Waals surface area contributed by atoms with Crippen molar-refractivity contribution in [3.63, 3.8) is 0 Å². The molecule has 26 heavy (non-hydrogen) atoms. The highest BCUT2D eigenvalue weighted by Gasteiger charge is 2.32. The highest BCUT2D eigenvalue weighted by Crippen LogP contribution is 2.41. The van der Waals surface area contributed by atoms with Crippen LogP contribution in [0.5, 0.6) is 5.75 Å². The van der Waals surface area contributed by atoms with E-state index < -0.39 is 0 Å². The summed E-state index contributed by atoms with van der Waals surface area (Å²) in [4.78, 5) is 12.1. The molecular weight excluding hydrogens is 350 g/mol. The monoisotopic (exact) mass is 367 g/mol. The van der Waals surface area contributed by atoms with Crippen molar-refractivity contribution in [2.24, 2.45) is 0 Å². The normalized spacial score (nSPS) is 16.1. The number of aryl methyl sites for hydroxylation is 1. The number of carbonyl (C=O) groups is 1. The number of anilines is 1. The van der Waals surface area contributed by atoms with Crippen LogP contribution >= 0.6 is 11.6 Å². The lowest BCUT2D eigenvalue weighted by Crippen LogP contribution is -2.23. The zero-order valence-electron chi connectivity index (χ0n) is 14.3. The summed E-state index contributed by atoms with van der Waals surface area (Å²) in [6, 6.07) is 15.4. The molecule has 0 saturated carbocycles. The zero-order chi connectivity index (χ0) is 18.1. The Morgan fingerprint density at radius 3 is 2.81 bits per heavy atom. The maximum atomic E-state index is 12.1. The van der Waals surface area contributed by atoms with Crippen LogP contribution in [0.3, 0.4) is 0 Å². The maximum absolute atomic E-state index is 12.1. The highest BCUT2D eigenvalue weighted by atomic mass is 35.5. The number of fused-ring (bicyclic) bond motifs is 1. The lowest BCUT2D eigenvalue weighted by Gasteiger charge is -2.25. The third-order valence-corrected chi connectivity index (χ3v) is 4.99. The molecular formula is C20H18ClN3O2. The molecule has 3 aromatic rings. The van der Waals surface area contributed by atoms with Gasteiger partial charge in [0.15, 0.2) is 5.82 Å². The number of nitrogens with zero attached hydrogens (tertiary/aromatic N) is 1. The smallest absolute Gasteiger partial charge is 0.226 e. The van der Waals surface area contributed by atoms with Crippen LogP contribution < -0.4 is 10.1 Å². The number of H-pyrrole nitrogens is 1. The minimum Gasteiger partial charge on any atom is -0.489 e. The van der Waals surface area contributed by atoms with Crippen molar-refractivity contribution in [1.82, 2.24) is 10.2 Å². The Kier molecular flexibility index (Phi) is 4.39. The number of hydrogen-bond acceptors (Lipinski definition) is 3. The van der Waals surface area contributed by atoms with Crippen molar-refractivity contribution in [2.75, 3.05) is 5.32 Å². The van der Waals surface area contributed by atoms with Crippen molar-refractivity contribution < 1.29 is 9.53 Å². The number of ether oxygens (including phenoxy) is 1. The number of amides is 1. The van der Waals surface area contributed by atoms with Crippen molar-refractivity contribution in [3.8, 4) is 5.75 Å². The molecule has 0 bridgehead atoms. The predicted molar refractivity (Wildman–Crippen MR) is 101 cm³/mol. The molecule has 0 aliphatic carbocycles. The van der Waals surface area contributed by atoms with Crippen LogP contribution in [-0.2, 0) is 11.4 Å². The summed E-state index contributed by atoms with van der Waals surface area (Å²) in [7, 11) is 0. The van der Waals surface area contributed by atoms with E-state index in [1.807, 2.05) is 55.5 Å². The Morgan fingerprint density at radius 1 is 1.19 bits per heavy atom. The van der Waals surface area contributed by atoms with Crippen molar-refractivity contribution in [2.45, 2.75) is 25.9 Å². The number of benzene rings is 2. The summed E-state index contributed by atoms with van der Waals surface area (Å²) in [5, 5.41) is 10.7. The quantitative estimate of drug-likeness (QED) is 0.717. The van der Waals surface area contributed by atoms with Crippen molar-refractivity contribution in [3.05, 3.63) is 75.9 Å². The number of carbonyl (C=O) groups excluding carboxylic acids is 1. The fourth-order valence-corrected chi connectivity index (χ4v) is 3.56. The third-order valence-electron chi connectivity index (χ3n) is 4.63. The lowest BCUT2D eigenvalue weighted by atomic mass is 9.85. The SMILES string of the molecule is Cc1[nH]nc2c1[C@H](c1ccccc1OCc1ccccc1Cl)CC(=O)N2. The molecule has 0 radical (unpaired) electrons. The third kappa shape index (κ3) is 3.06. The number of aromatic nitrogens is 2. The van der Waals surface area contributed by atoms with Crippen LogP contribution in [-0.4, -0.2) is 16.1 Å². The number of halogens is 1. The molecule has 2 N–H and O–H groups in total. The van der Waals surface area contributed by atoms with Crippen molar-refractivity contribution >= 4 is 23.3 Å². The number of nitrogens with one attached hydrogen (secondary N) is 2. The minimum absolute atomic E-state index is 0.0464. The fourth-order valence-electron chi connectivity index (χ4n) is 3.37. The first-order chi connectivity index (χ1) is 12.6. The molecule has 5 nitrogen and oxygen atoms in total. The lowest BCUT2D eigenvalue weighted by molar-refractivity contribution is -0.116. The molecule has 1 aromatic heterocycles. The second kappa shape index (κ2) is 6.84. The Labute approximate surface area is 156 Å². The molecule has 2 heterocycles. The van der Waals surface area contributed by atoms with Gasteiger partial charge in [0.2, 0.25) is 5.91 Å². The van der Waals surface area contributed by atoms with Crippen LogP contribution in [0, 0.1) is 6.92 Å². The van der Waals surface area contributed by atoms with E-state index in [1.165, 1.54) is 0 Å². The topological polar surface area (TPSA) is 67.0 Å². The van der Waals surface area contributed by atoms with Gasteiger partial charge in [0.05, 0.1) is 0 Å². The molecule has 1 aliphatic heterocycles. The van der Waals surface area contributed by atoms with Crippen LogP contribution in [0.15, 0.2) is 48.5 Å². The van der Waals surface area contributed by atoms with Crippen LogP contribution in [0.2, 0.25) is 5.02 Å². The van der Waals surface area contributed by atoms with Gasteiger partial charge in [-0.25, -0.2) is 0 Å². The Bertz CT molecular complexity index is 967. The van der Waals surface area contributed by atoms with E-state index in [9.17, 15) is 4.79 Å². The van der Waals surface area contributed by atoms with Crippen LogP contribution in [0.25, 0.3) is 0 Å². The Balaban J connectivity index is 1.67. The van der Waals surface area contributed by atoms with Gasteiger partial charge in [-0.15, -0.1) is 0 Å². The van der Waals surface area contributed by atoms with Gasteiger partial charge >= 0.3 is 0 Å². The highest BCUT2D eigenvalue weighted by molar-refractivity contribution is 6.31. The summed E-state index contributed by atoms with van der Waals surface area (Å²) in [6.45, 7) is 2.33. The molecule has 0 fully saturated rings. The standard InChI is InChI=1S/C20H18ClN3O2/c1-12-19-15(10-18(25)22-20(19)24-23-12)14-7-3-5-9-17(14)26-11-13-6-2-4-8-16(13)21/h2-9,15H,10-11H2,1H3,(H2,22,23,24,25)/t15-/m0/s1. The van der Waals surface area contributed by atoms with Crippen LogP contribution in [0.1, 0.15) is 34.7 Å². The van der Waals surface area contributed by atoms with E-state index >= 15 is 0 Å². The summed E-state index contributed by atoms with van der Waals surface area (Å²) in [5.41, 5.74) is 3.86.